The van der Waals surface area contributed by atoms with E-state index >= 15 is 0 Å². The SMILES string of the molecule is CC(C)CC(CN)c1nc(-c2ccccc2)nn1C. The zero-order chi connectivity index (χ0) is 13.8. The highest BCUT2D eigenvalue weighted by atomic mass is 15.3. The molecule has 19 heavy (non-hydrogen) atoms. The van der Waals surface area contributed by atoms with E-state index < -0.39 is 0 Å². The van der Waals surface area contributed by atoms with E-state index in [2.05, 4.69) is 23.9 Å². The molecule has 1 aromatic carbocycles. The lowest BCUT2D eigenvalue weighted by Gasteiger charge is -2.15. The summed E-state index contributed by atoms with van der Waals surface area (Å²) < 4.78 is 1.86. The first-order valence-corrected chi connectivity index (χ1v) is 6.78. The molecule has 0 fully saturated rings. The van der Waals surface area contributed by atoms with Crippen molar-refractivity contribution in [3.8, 4) is 11.4 Å². The van der Waals surface area contributed by atoms with Crippen LogP contribution in [0.15, 0.2) is 30.3 Å². The van der Waals surface area contributed by atoms with E-state index in [1.165, 1.54) is 0 Å². The molecule has 0 saturated carbocycles. The summed E-state index contributed by atoms with van der Waals surface area (Å²) in [6.07, 6.45) is 1.04. The molecule has 2 rings (SSSR count). The van der Waals surface area contributed by atoms with Crippen LogP contribution in [-0.2, 0) is 7.05 Å². The molecule has 2 N–H and O–H groups in total. The van der Waals surface area contributed by atoms with E-state index in [4.69, 9.17) is 5.73 Å². The predicted molar refractivity (Wildman–Crippen MR) is 77.7 cm³/mol. The lowest BCUT2D eigenvalue weighted by Crippen LogP contribution is -2.18. The van der Waals surface area contributed by atoms with Gasteiger partial charge in [-0.1, -0.05) is 44.2 Å². The molecule has 102 valence electrons. The Balaban J connectivity index is 2.30. The van der Waals surface area contributed by atoms with Crippen molar-refractivity contribution in [3.05, 3.63) is 36.2 Å². The number of benzene rings is 1. The maximum absolute atomic E-state index is 5.89. The smallest absolute Gasteiger partial charge is 0.181 e. The van der Waals surface area contributed by atoms with Crippen molar-refractivity contribution < 1.29 is 0 Å². The van der Waals surface area contributed by atoms with Crippen LogP contribution >= 0.6 is 0 Å². The molecule has 0 saturated heterocycles. The normalized spacial score (nSPS) is 12.9. The van der Waals surface area contributed by atoms with Gasteiger partial charge in [0.15, 0.2) is 5.82 Å². The van der Waals surface area contributed by atoms with Gasteiger partial charge in [-0.15, -0.1) is 0 Å². The largest absolute Gasteiger partial charge is 0.330 e. The third-order valence-corrected chi connectivity index (χ3v) is 3.23. The summed E-state index contributed by atoms with van der Waals surface area (Å²) in [6.45, 7) is 5.02. The van der Waals surface area contributed by atoms with E-state index in [-0.39, 0.29) is 5.92 Å². The maximum atomic E-state index is 5.89. The summed E-state index contributed by atoms with van der Waals surface area (Å²) in [7, 11) is 1.94. The van der Waals surface area contributed by atoms with Gasteiger partial charge in [-0.25, -0.2) is 4.98 Å². The fraction of sp³-hybridized carbons (Fsp3) is 0.467. The number of hydrogen-bond acceptors (Lipinski definition) is 3. The molecule has 1 atom stereocenters. The van der Waals surface area contributed by atoms with Gasteiger partial charge in [0.25, 0.3) is 0 Å². The molecular weight excluding hydrogens is 236 g/mol. The fourth-order valence-electron chi connectivity index (χ4n) is 2.34. The van der Waals surface area contributed by atoms with Crippen LogP contribution in [0.25, 0.3) is 11.4 Å². The van der Waals surface area contributed by atoms with E-state index in [0.717, 1.165) is 23.6 Å². The maximum Gasteiger partial charge on any atom is 0.181 e. The molecule has 1 heterocycles. The van der Waals surface area contributed by atoms with Crippen LogP contribution < -0.4 is 5.73 Å². The van der Waals surface area contributed by atoms with Crippen LogP contribution in [0.5, 0.6) is 0 Å². The predicted octanol–water partition coefficient (Wildman–Crippen LogP) is 2.57. The third kappa shape index (κ3) is 3.20. The Morgan fingerprint density at radius 3 is 2.47 bits per heavy atom. The van der Waals surface area contributed by atoms with Crippen molar-refractivity contribution in [2.75, 3.05) is 6.54 Å². The molecule has 0 aliphatic heterocycles. The molecule has 0 radical (unpaired) electrons. The van der Waals surface area contributed by atoms with Gasteiger partial charge in [0.05, 0.1) is 0 Å². The van der Waals surface area contributed by atoms with Crippen LogP contribution in [0.2, 0.25) is 0 Å². The Morgan fingerprint density at radius 2 is 1.89 bits per heavy atom. The first-order valence-electron chi connectivity index (χ1n) is 6.78. The summed E-state index contributed by atoms with van der Waals surface area (Å²) in [6, 6.07) is 10.0. The Morgan fingerprint density at radius 1 is 1.21 bits per heavy atom. The number of nitrogens with two attached hydrogens (primary N) is 1. The van der Waals surface area contributed by atoms with E-state index in [9.17, 15) is 0 Å². The van der Waals surface area contributed by atoms with Crippen molar-refractivity contribution >= 4 is 0 Å². The van der Waals surface area contributed by atoms with Crippen molar-refractivity contribution in [2.24, 2.45) is 18.7 Å². The number of nitrogens with zero attached hydrogens (tertiary/aromatic N) is 3. The molecule has 0 bridgehead atoms. The van der Waals surface area contributed by atoms with Gasteiger partial charge in [-0.2, -0.15) is 5.10 Å². The number of rotatable bonds is 5. The minimum absolute atomic E-state index is 0.273. The van der Waals surface area contributed by atoms with Crippen LogP contribution in [0, 0.1) is 5.92 Å². The zero-order valence-corrected chi connectivity index (χ0v) is 11.9. The van der Waals surface area contributed by atoms with Crippen molar-refractivity contribution in [3.63, 3.8) is 0 Å². The number of hydrogen-bond donors (Lipinski definition) is 1. The summed E-state index contributed by atoms with van der Waals surface area (Å²) in [5, 5.41) is 4.51. The second-order valence-electron chi connectivity index (χ2n) is 5.35. The van der Waals surface area contributed by atoms with Crippen molar-refractivity contribution in [2.45, 2.75) is 26.2 Å². The van der Waals surface area contributed by atoms with Crippen LogP contribution in [0.3, 0.4) is 0 Å². The second kappa shape index (κ2) is 5.97. The van der Waals surface area contributed by atoms with Crippen molar-refractivity contribution in [1.82, 2.24) is 14.8 Å². The minimum Gasteiger partial charge on any atom is -0.330 e. The average Bonchev–Trinajstić information content (AvgIpc) is 2.79. The van der Waals surface area contributed by atoms with Crippen LogP contribution in [0.4, 0.5) is 0 Å². The van der Waals surface area contributed by atoms with E-state index in [1.807, 2.05) is 42.1 Å². The van der Waals surface area contributed by atoms with Gasteiger partial charge in [0.1, 0.15) is 5.82 Å². The Labute approximate surface area is 114 Å². The molecule has 0 aliphatic carbocycles. The zero-order valence-electron chi connectivity index (χ0n) is 11.9. The highest BCUT2D eigenvalue weighted by molar-refractivity contribution is 5.54. The molecule has 4 heteroatoms. The quantitative estimate of drug-likeness (QED) is 0.896. The summed E-state index contributed by atoms with van der Waals surface area (Å²) >= 11 is 0. The summed E-state index contributed by atoms with van der Waals surface area (Å²) in [4.78, 5) is 4.68. The van der Waals surface area contributed by atoms with Crippen LogP contribution in [-0.4, -0.2) is 21.3 Å². The van der Waals surface area contributed by atoms with Crippen molar-refractivity contribution in [1.29, 1.82) is 0 Å². The Hall–Kier alpha value is -1.68. The first kappa shape index (κ1) is 13.7. The highest BCUT2D eigenvalue weighted by Crippen LogP contribution is 2.23. The molecule has 0 spiro atoms. The molecule has 2 aromatic rings. The molecular formula is C15H22N4. The highest BCUT2D eigenvalue weighted by Gasteiger charge is 2.19. The van der Waals surface area contributed by atoms with Gasteiger partial charge in [0, 0.05) is 25.1 Å². The Kier molecular flexibility index (Phi) is 4.32. The Bertz CT molecular complexity index is 516. The lowest BCUT2D eigenvalue weighted by molar-refractivity contribution is 0.472. The topological polar surface area (TPSA) is 56.7 Å². The van der Waals surface area contributed by atoms with Gasteiger partial charge in [-0.3, -0.25) is 4.68 Å². The van der Waals surface area contributed by atoms with Gasteiger partial charge in [-0.05, 0) is 12.3 Å². The number of aromatic nitrogens is 3. The summed E-state index contributed by atoms with van der Waals surface area (Å²) in [5.41, 5.74) is 6.93. The standard InChI is InChI=1S/C15H22N4/c1-11(2)9-13(10-16)15-17-14(18-19(15)3)12-7-5-4-6-8-12/h4-8,11,13H,9-10,16H2,1-3H3. The molecule has 1 aromatic heterocycles. The van der Waals surface area contributed by atoms with Crippen LogP contribution in [0.1, 0.15) is 32.0 Å². The van der Waals surface area contributed by atoms with Gasteiger partial charge >= 0.3 is 0 Å². The molecule has 0 amide bonds. The molecule has 4 nitrogen and oxygen atoms in total. The van der Waals surface area contributed by atoms with Gasteiger partial charge < -0.3 is 5.73 Å². The third-order valence-electron chi connectivity index (χ3n) is 3.23. The van der Waals surface area contributed by atoms with Gasteiger partial charge in [0.2, 0.25) is 0 Å². The molecule has 1 unspecified atom stereocenters. The van der Waals surface area contributed by atoms with E-state index in [0.29, 0.717) is 12.5 Å². The number of aryl methyl sites for hydroxylation is 1. The average molecular weight is 258 g/mol. The fourth-order valence-corrected chi connectivity index (χ4v) is 2.34. The minimum atomic E-state index is 0.273. The lowest BCUT2D eigenvalue weighted by atomic mass is 9.96. The molecule has 0 aliphatic rings. The second-order valence-corrected chi connectivity index (χ2v) is 5.35. The summed E-state index contributed by atoms with van der Waals surface area (Å²) in [5.74, 6) is 2.63. The monoisotopic (exact) mass is 258 g/mol. The first-order chi connectivity index (χ1) is 9.11. The van der Waals surface area contributed by atoms with E-state index in [1.54, 1.807) is 0 Å².